The largest absolute Gasteiger partial charge is 0.574 e. The highest BCUT2D eigenvalue weighted by molar-refractivity contribution is 5.10. The molecule has 3 N–H and O–H groups in total. The van der Waals surface area contributed by atoms with Gasteiger partial charge in [0.1, 0.15) is 0 Å². The molecule has 0 saturated heterocycles. The highest BCUT2D eigenvalue weighted by Gasteiger charge is 2.32. The zero-order valence-corrected chi connectivity index (χ0v) is 7.67. The topological polar surface area (TPSA) is 73.3 Å². The van der Waals surface area contributed by atoms with Crippen molar-refractivity contribution in [1.82, 2.24) is 10.5 Å². The summed E-state index contributed by atoms with van der Waals surface area (Å²) in [5, 5.41) is 5.92. The third-order valence-corrected chi connectivity index (χ3v) is 1.38. The van der Waals surface area contributed by atoms with Crippen LogP contribution in [0.15, 0.2) is 10.6 Å². The molecule has 86 valence electrons. The summed E-state index contributed by atoms with van der Waals surface area (Å²) < 4.78 is 43.3. The number of alkyl halides is 3. The summed E-state index contributed by atoms with van der Waals surface area (Å²) in [5.41, 5.74) is 5.20. The van der Waals surface area contributed by atoms with Gasteiger partial charge >= 0.3 is 6.36 Å². The van der Waals surface area contributed by atoms with Gasteiger partial charge in [-0.05, 0) is 5.16 Å². The van der Waals surface area contributed by atoms with Gasteiger partial charge in [0, 0.05) is 19.2 Å². The molecule has 0 spiro atoms. The van der Waals surface area contributed by atoms with Gasteiger partial charge < -0.3 is 20.3 Å². The monoisotopic (exact) mass is 225 g/mol. The summed E-state index contributed by atoms with van der Waals surface area (Å²) in [7, 11) is 0. The number of nitrogens with zero attached hydrogens (tertiary/aromatic N) is 1. The van der Waals surface area contributed by atoms with Gasteiger partial charge in [-0.25, -0.2) is 0 Å². The molecule has 0 radical (unpaired) electrons. The minimum absolute atomic E-state index is 0.253. The van der Waals surface area contributed by atoms with Crippen LogP contribution >= 0.6 is 0 Å². The Morgan fingerprint density at radius 3 is 2.87 bits per heavy atom. The first kappa shape index (κ1) is 11.8. The maximum Gasteiger partial charge on any atom is 0.574 e. The molecule has 1 rings (SSSR count). The van der Waals surface area contributed by atoms with Crippen molar-refractivity contribution in [3.63, 3.8) is 0 Å². The van der Waals surface area contributed by atoms with Gasteiger partial charge in [0.25, 0.3) is 5.88 Å². The molecule has 0 fully saturated rings. The minimum atomic E-state index is -4.75. The van der Waals surface area contributed by atoms with Crippen molar-refractivity contribution in [3.05, 3.63) is 11.8 Å². The molecule has 0 aliphatic carbocycles. The molecule has 1 aromatic heterocycles. The van der Waals surface area contributed by atoms with Crippen LogP contribution in [0.1, 0.15) is 5.76 Å². The van der Waals surface area contributed by atoms with E-state index in [2.05, 4.69) is 19.7 Å². The van der Waals surface area contributed by atoms with Crippen LogP contribution in [0.5, 0.6) is 5.88 Å². The molecule has 5 nitrogen and oxygen atoms in total. The highest BCUT2D eigenvalue weighted by atomic mass is 19.4. The Hall–Kier alpha value is -1.28. The van der Waals surface area contributed by atoms with Crippen molar-refractivity contribution in [1.29, 1.82) is 0 Å². The lowest BCUT2D eigenvalue weighted by Gasteiger charge is -2.03. The number of ether oxygens (including phenoxy) is 1. The molecule has 0 saturated carbocycles. The predicted molar refractivity (Wildman–Crippen MR) is 43.9 cm³/mol. The molecule has 1 heterocycles. The first-order valence-corrected chi connectivity index (χ1v) is 4.13. The Bertz CT molecular complexity index is 300. The van der Waals surface area contributed by atoms with Crippen molar-refractivity contribution in [3.8, 4) is 5.88 Å². The van der Waals surface area contributed by atoms with E-state index in [9.17, 15) is 13.2 Å². The molecule has 0 amide bonds. The van der Waals surface area contributed by atoms with Crippen LogP contribution in [0.3, 0.4) is 0 Å². The molecule has 0 atom stereocenters. The zero-order chi connectivity index (χ0) is 11.3. The Balaban J connectivity index is 2.42. The van der Waals surface area contributed by atoms with Crippen molar-refractivity contribution in [2.75, 3.05) is 13.1 Å². The number of halogens is 3. The van der Waals surface area contributed by atoms with Gasteiger partial charge in [-0.1, -0.05) is 0 Å². The quantitative estimate of drug-likeness (QED) is 0.718. The Morgan fingerprint density at radius 2 is 2.27 bits per heavy atom. The van der Waals surface area contributed by atoms with Gasteiger partial charge in [0.15, 0.2) is 5.76 Å². The fourth-order valence-corrected chi connectivity index (χ4v) is 0.858. The van der Waals surface area contributed by atoms with E-state index in [1.807, 2.05) is 0 Å². The maximum absolute atomic E-state index is 11.7. The number of hydrogen-bond acceptors (Lipinski definition) is 5. The number of nitrogens with one attached hydrogen (secondary N) is 1. The second kappa shape index (κ2) is 4.99. The van der Waals surface area contributed by atoms with E-state index in [1.54, 1.807) is 0 Å². The number of rotatable bonds is 5. The normalized spacial score (nSPS) is 11.7. The molecule has 0 unspecified atom stereocenters. The lowest BCUT2D eigenvalue weighted by Crippen LogP contribution is -2.21. The van der Waals surface area contributed by atoms with Crippen LogP contribution in [0.25, 0.3) is 0 Å². The molecule has 0 aliphatic heterocycles. The first-order valence-electron chi connectivity index (χ1n) is 4.13. The minimum Gasteiger partial charge on any atom is -0.384 e. The van der Waals surface area contributed by atoms with E-state index < -0.39 is 12.2 Å². The van der Waals surface area contributed by atoms with Crippen molar-refractivity contribution in [2.45, 2.75) is 12.9 Å². The lowest BCUT2D eigenvalue weighted by molar-refractivity contribution is -0.276. The Kier molecular flexibility index (Phi) is 3.92. The van der Waals surface area contributed by atoms with Crippen LogP contribution in [0.2, 0.25) is 0 Å². The Labute approximate surface area is 83.4 Å². The zero-order valence-electron chi connectivity index (χ0n) is 7.67. The molecule has 0 aromatic carbocycles. The smallest absolute Gasteiger partial charge is 0.384 e. The second-order valence-electron chi connectivity index (χ2n) is 2.64. The molecular weight excluding hydrogens is 215 g/mol. The molecule has 0 aliphatic rings. The average Bonchev–Trinajstić information content (AvgIpc) is 2.50. The maximum atomic E-state index is 11.7. The number of hydrogen-bond donors (Lipinski definition) is 2. The van der Waals surface area contributed by atoms with Crippen LogP contribution in [0, 0.1) is 0 Å². The van der Waals surface area contributed by atoms with Crippen molar-refractivity contribution < 1.29 is 22.4 Å². The fourth-order valence-electron chi connectivity index (χ4n) is 0.858. The van der Waals surface area contributed by atoms with E-state index in [0.29, 0.717) is 13.1 Å². The fraction of sp³-hybridized carbons (Fsp3) is 0.571. The summed E-state index contributed by atoms with van der Waals surface area (Å²) in [6.45, 7) is 1.22. The van der Waals surface area contributed by atoms with E-state index in [0.717, 1.165) is 6.07 Å². The van der Waals surface area contributed by atoms with Gasteiger partial charge in [0.05, 0.1) is 6.54 Å². The van der Waals surface area contributed by atoms with E-state index in [4.69, 9.17) is 5.73 Å². The molecular formula is C7H10F3N3O2. The summed E-state index contributed by atoms with van der Waals surface area (Å²) in [5.74, 6) is -0.352. The number of aromatic nitrogens is 1. The third kappa shape index (κ3) is 4.66. The van der Waals surface area contributed by atoms with Crippen LogP contribution in [-0.2, 0) is 6.54 Å². The highest BCUT2D eigenvalue weighted by Crippen LogP contribution is 2.21. The molecule has 1 aromatic rings. The van der Waals surface area contributed by atoms with Crippen molar-refractivity contribution >= 4 is 0 Å². The second-order valence-corrected chi connectivity index (χ2v) is 2.64. The summed E-state index contributed by atoms with van der Waals surface area (Å²) >= 11 is 0. The Morgan fingerprint density at radius 1 is 1.53 bits per heavy atom. The SMILES string of the molecule is NCCNCc1cc(OC(F)(F)F)no1. The summed E-state index contributed by atoms with van der Waals surface area (Å²) in [4.78, 5) is 0. The first-order chi connectivity index (χ1) is 7.01. The summed E-state index contributed by atoms with van der Waals surface area (Å²) in [6.07, 6.45) is -4.75. The van der Waals surface area contributed by atoms with E-state index in [1.165, 1.54) is 0 Å². The standard InChI is InChI=1S/C7H10F3N3O2/c8-7(9,10)14-6-3-5(15-13-6)4-12-2-1-11/h3,12H,1-2,4,11H2. The van der Waals surface area contributed by atoms with Crippen LogP contribution < -0.4 is 15.8 Å². The number of nitrogens with two attached hydrogens (primary N) is 1. The van der Waals surface area contributed by atoms with Gasteiger partial charge in [-0.2, -0.15) is 0 Å². The molecule has 0 bridgehead atoms. The van der Waals surface area contributed by atoms with E-state index >= 15 is 0 Å². The summed E-state index contributed by atoms with van der Waals surface area (Å²) in [6, 6.07) is 1.07. The average molecular weight is 225 g/mol. The molecule has 15 heavy (non-hydrogen) atoms. The van der Waals surface area contributed by atoms with Gasteiger partial charge in [-0.3, -0.25) is 0 Å². The third-order valence-electron chi connectivity index (χ3n) is 1.38. The molecule has 8 heteroatoms. The van der Waals surface area contributed by atoms with Gasteiger partial charge in [0.2, 0.25) is 0 Å². The predicted octanol–water partition coefficient (Wildman–Crippen LogP) is 0.621. The van der Waals surface area contributed by atoms with E-state index in [-0.39, 0.29) is 12.3 Å². The van der Waals surface area contributed by atoms with Crippen LogP contribution in [0.4, 0.5) is 13.2 Å². The van der Waals surface area contributed by atoms with Crippen LogP contribution in [-0.4, -0.2) is 24.6 Å². The van der Waals surface area contributed by atoms with Crippen molar-refractivity contribution in [2.24, 2.45) is 5.73 Å². The van der Waals surface area contributed by atoms with Gasteiger partial charge in [-0.15, -0.1) is 13.2 Å². The lowest BCUT2D eigenvalue weighted by atomic mass is 10.4.